The normalized spacial score (nSPS) is 15.2. The maximum absolute atomic E-state index is 13.5. The molecular formula is C24H23NO5. The minimum Gasteiger partial charge on any atom is -0.497 e. The predicted octanol–water partition coefficient (Wildman–Crippen LogP) is 4.45. The number of para-hydroxylation sites is 1. The molecule has 6 heteroatoms. The topological polar surface area (TPSA) is 57.2 Å². The number of methoxy groups -OCH3 is 3. The van der Waals surface area contributed by atoms with Crippen LogP contribution in [0.15, 0.2) is 66.7 Å². The van der Waals surface area contributed by atoms with Gasteiger partial charge in [-0.3, -0.25) is 9.69 Å². The van der Waals surface area contributed by atoms with Gasteiger partial charge in [0.05, 0.1) is 26.9 Å². The number of fused-ring (bicyclic) bond motifs is 1. The van der Waals surface area contributed by atoms with E-state index in [1.54, 1.807) is 44.4 Å². The molecule has 6 nitrogen and oxygen atoms in total. The fourth-order valence-electron chi connectivity index (χ4n) is 3.50. The van der Waals surface area contributed by atoms with Crippen LogP contribution in [-0.2, 0) is 6.54 Å². The average molecular weight is 405 g/mol. The van der Waals surface area contributed by atoms with Crippen LogP contribution in [0.2, 0.25) is 0 Å². The van der Waals surface area contributed by atoms with E-state index in [2.05, 4.69) is 0 Å². The molecule has 1 unspecified atom stereocenters. The fraction of sp³-hybridized carbons (Fsp3) is 0.208. The van der Waals surface area contributed by atoms with E-state index in [1.165, 1.54) is 0 Å². The molecule has 0 aromatic heterocycles. The van der Waals surface area contributed by atoms with Gasteiger partial charge in [0.25, 0.3) is 5.91 Å². The molecule has 1 aliphatic rings. The van der Waals surface area contributed by atoms with Crippen molar-refractivity contribution in [2.24, 2.45) is 0 Å². The van der Waals surface area contributed by atoms with Gasteiger partial charge in [-0.05, 0) is 54.1 Å². The van der Waals surface area contributed by atoms with E-state index >= 15 is 0 Å². The Morgan fingerprint density at radius 2 is 1.47 bits per heavy atom. The molecule has 30 heavy (non-hydrogen) atoms. The smallest absolute Gasteiger partial charge is 0.261 e. The maximum Gasteiger partial charge on any atom is 0.261 e. The van der Waals surface area contributed by atoms with Crippen LogP contribution >= 0.6 is 0 Å². The highest BCUT2D eigenvalue weighted by Crippen LogP contribution is 2.42. The second-order valence-corrected chi connectivity index (χ2v) is 6.86. The van der Waals surface area contributed by atoms with Gasteiger partial charge in [-0.25, -0.2) is 0 Å². The van der Waals surface area contributed by atoms with Crippen LogP contribution in [0.5, 0.6) is 23.0 Å². The number of rotatable bonds is 6. The van der Waals surface area contributed by atoms with Crippen LogP contribution in [0.1, 0.15) is 27.7 Å². The van der Waals surface area contributed by atoms with Crippen LogP contribution in [0.3, 0.4) is 0 Å². The Bertz CT molecular complexity index is 1030. The third-order valence-corrected chi connectivity index (χ3v) is 5.12. The van der Waals surface area contributed by atoms with Crippen molar-refractivity contribution in [2.75, 3.05) is 21.3 Å². The first-order valence-electron chi connectivity index (χ1n) is 9.56. The zero-order valence-electron chi connectivity index (χ0n) is 17.1. The molecule has 1 heterocycles. The summed E-state index contributed by atoms with van der Waals surface area (Å²) in [5, 5.41) is 0. The van der Waals surface area contributed by atoms with E-state index in [-0.39, 0.29) is 5.91 Å². The standard InChI is InChI=1S/C24H23NO5/c1-27-18-11-7-16(8-12-18)15-25-23(26)20-5-4-6-21(29-3)22(20)30-24(25)17-9-13-19(28-2)14-10-17/h4-14,24H,15H2,1-3H3. The summed E-state index contributed by atoms with van der Waals surface area (Å²) in [6, 6.07) is 20.5. The Labute approximate surface area is 175 Å². The van der Waals surface area contributed by atoms with Crippen molar-refractivity contribution in [1.82, 2.24) is 4.90 Å². The molecule has 154 valence electrons. The minimum atomic E-state index is -0.602. The molecule has 0 N–H and O–H groups in total. The van der Waals surface area contributed by atoms with Gasteiger partial charge in [-0.15, -0.1) is 0 Å². The molecule has 0 fully saturated rings. The molecule has 3 aromatic carbocycles. The van der Waals surface area contributed by atoms with E-state index in [0.29, 0.717) is 23.6 Å². The SMILES string of the molecule is COc1ccc(CN2C(=O)c3cccc(OC)c3OC2c2ccc(OC)cc2)cc1. The molecule has 4 rings (SSSR count). The number of carbonyl (C=O) groups excluding carboxylic acids is 1. The first-order valence-corrected chi connectivity index (χ1v) is 9.56. The van der Waals surface area contributed by atoms with Gasteiger partial charge in [-0.2, -0.15) is 0 Å². The van der Waals surface area contributed by atoms with Crippen molar-refractivity contribution in [2.45, 2.75) is 12.8 Å². The van der Waals surface area contributed by atoms with Crippen LogP contribution in [-0.4, -0.2) is 32.1 Å². The summed E-state index contributed by atoms with van der Waals surface area (Å²) in [5.74, 6) is 2.37. The largest absolute Gasteiger partial charge is 0.497 e. The van der Waals surface area contributed by atoms with Crippen molar-refractivity contribution in [3.63, 3.8) is 0 Å². The van der Waals surface area contributed by atoms with E-state index in [4.69, 9.17) is 18.9 Å². The quantitative estimate of drug-likeness (QED) is 0.607. The molecule has 0 saturated heterocycles. The first-order chi connectivity index (χ1) is 14.6. The molecule has 1 aliphatic heterocycles. The van der Waals surface area contributed by atoms with Crippen molar-refractivity contribution in [3.05, 3.63) is 83.4 Å². The van der Waals surface area contributed by atoms with Crippen LogP contribution < -0.4 is 18.9 Å². The second kappa shape index (κ2) is 8.37. The highest BCUT2D eigenvalue weighted by Gasteiger charge is 2.36. The van der Waals surface area contributed by atoms with Crippen molar-refractivity contribution in [3.8, 4) is 23.0 Å². The number of ether oxygens (including phenoxy) is 4. The molecule has 0 saturated carbocycles. The maximum atomic E-state index is 13.5. The molecule has 0 bridgehead atoms. The lowest BCUT2D eigenvalue weighted by atomic mass is 10.0. The Balaban J connectivity index is 1.74. The van der Waals surface area contributed by atoms with Crippen LogP contribution in [0, 0.1) is 0 Å². The minimum absolute atomic E-state index is 0.119. The summed E-state index contributed by atoms with van der Waals surface area (Å²) in [6.45, 7) is 0.385. The summed E-state index contributed by atoms with van der Waals surface area (Å²) < 4.78 is 22.3. The molecular weight excluding hydrogens is 382 g/mol. The van der Waals surface area contributed by atoms with Gasteiger partial charge in [0.15, 0.2) is 11.5 Å². The average Bonchev–Trinajstić information content (AvgIpc) is 2.81. The summed E-state index contributed by atoms with van der Waals surface area (Å²) in [7, 11) is 4.81. The third kappa shape index (κ3) is 3.64. The van der Waals surface area contributed by atoms with Crippen molar-refractivity contribution in [1.29, 1.82) is 0 Å². The molecule has 1 amide bonds. The lowest BCUT2D eigenvalue weighted by molar-refractivity contribution is 0.00331. The molecule has 3 aromatic rings. The van der Waals surface area contributed by atoms with E-state index in [0.717, 1.165) is 22.6 Å². The Morgan fingerprint density at radius 1 is 0.833 bits per heavy atom. The number of hydrogen-bond acceptors (Lipinski definition) is 5. The number of carbonyl (C=O) groups is 1. The summed E-state index contributed by atoms with van der Waals surface area (Å²) >= 11 is 0. The second-order valence-electron chi connectivity index (χ2n) is 6.86. The van der Waals surface area contributed by atoms with Crippen LogP contribution in [0.4, 0.5) is 0 Å². The van der Waals surface area contributed by atoms with Gasteiger partial charge < -0.3 is 18.9 Å². The lowest BCUT2D eigenvalue weighted by Gasteiger charge is -2.37. The summed E-state index contributed by atoms with van der Waals surface area (Å²) in [5.41, 5.74) is 2.29. The molecule has 0 radical (unpaired) electrons. The van der Waals surface area contributed by atoms with Gasteiger partial charge in [0.2, 0.25) is 6.23 Å². The molecule has 0 aliphatic carbocycles. The van der Waals surface area contributed by atoms with Gasteiger partial charge in [0.1, 0.15) is 11.5 Å². The summed E-state index contributed by atoms with van der Waals surface area (Å²) in [6.07, 6.45) is -0.602. The van der Waals surface area contributed by atoms with E-state index in [1.807, 2.05) is 48.5 Å². The number of nitrogens with zero attached hydrogens (tertiary/aromatic N) is 1. The van der Waals surface area contributed by atoms with Gasteiger partial charge in [0, 0.05) is 12.1 Å². The highest BCUT2D eigenvalue weighted by molar-refractivity contribution is 5.99. The van der Waals surface area contributed by atoms with Crippen molar-refractivity contribution < 1.29 is 23.7 Å². The zero-order chi connectivity index (χ0) is 21.1. The van der Waals surface area contributed by atoms with Crippen molar-refractivity contribution >= 4 is 5.91 Å². The third-order valence-electron chi connectivity index (χ3n) is 5.12. The number of amides is 1. The molecule has 0 spiro atoms. The zero-order valence-corrected chi connectivity index (χ0v) is 17.1. The molecule has 1 atom stereocenters. The van der Waals surface area contributed by atoms with Gasteiger partial charge >= 0.3 is 0 Å². The van der Waals surface area contributed by atoms with Crippen LogP contribution in [0.25, 0.3) is 0 Å². The highest BCUT2D eigenvalue weighted by atomic mass is 16.5. The summed E-state index contributed by atoms with van der Waals surface area (Å²) in [4.78, 5) is 15.2. The Kier molecular flexibility index (Phi) is 5.48. The Morgan fingerprint density at radius 3 is 2.07 bits per heavy atom. The Hall–Kier alpha value is -3.67. The number of hydrogen-bond donors (Lipinski definition) is 0. The van der Waals surface area contributed by atoms with E-state index in [9.17, 15) is 4.79 Å². The monoisotopic (exact) mass is 405 g/mol. The predicted molar refractivity (Wildman–Crippen MR) is 112 cm³/mol. The van der Waals surface area contributed by atoms with E-state index < -0.39 is 6.23 Å². The van der Waals surface area contributed by atoms with Gasteiger partial charge in [-0.1, -0.05) is 18.2 Å². The first kappa shape index (κ1) is 19.6. The lowest BCUT2D eigenvalue weighted by Crippen LogP contribution is -2.41. The fourth-order valence-corrected chi connectivity index (χ4v) is 3.50. The number of benzene rings is 3.